The number of benzene rings is 1. The summed E-state index contributed by atoms with van der Waals surface area (Å²) in [5, 5.41) is 3.78. The van der Waals surface area contributed by atoms with E-state index in [4.69, 9.17) is 0 Å². The summed E-state index contributed by atoms with van der Waals surface area (Å²) in [6, 6.07) is 4.74. The van der Waals surface area contributed by atoms with E-state index in [-0.39, 0.29) is 0 Å². The second-order valence-electron chi connectivity index (χ2n) is 6.38. The summed E-state index contributed by atoms with van der Waals surface area (Å²) in [6.45, 7) is 12.6. The molecule has 1 aliphatic rings. The lowest BCUT2D eigenvalue weighted by atomic mass is 9.78. The first-order valence-electron chi connectivity index (χ1n) is 7.26. The molecule has 2 rings (SSSR count). The predicted octanol–water partition coefficient (Wildman–Crippen LogP) is 3.93. The number of nitrogens with one attached hydrogen (secondary N) is 1. The average Bonchev–Trinajstić information content (AvgIpc) is 2.76. The van der Waals surface area contributed by atoms with Crippen LogP contribution >= 0.6 is 0 Å². The second-order valence-corrected chi connectivity index (χ2v) is 6.38. The molecule has 1 aromatic rings. The van der Waals surface area contributed by atoms with E-state index in [2.05, 4.69) is 52.1 Å². The fraction of sp³-hybridized carbons (Fsp3) is 0.647. The lowest BCUT2D eigenvalue weighted by Gasteiger charge is -2.35. The van der Waals surface area contributed by atoms with Gasteiger partial charge in [-0.05, 0) is 74.8 Å². The van der Waals surface area contributed by atoms with Crippen LogP contribution in [0.1, 0.15) is 48.9 Å². The van der Waals surface area contributed by atoms with Crippen LogP contribution in [0.15, 0.2) is 12.1 Å². The summed E-state index contributed by atoms with van der Waals surface area (Å²) in [4.78, 5) is 0. The molecule has 1 atom stereocenters. The smallest absolute Gasteiger partial charge is 0.0245 e. The first-order chi connectivity index (χ1) is 8.44. The summed E-state index contributed by atoms with van der Waals surface area (Å²) in [5.41, 5.74) is 6.14. The largest absolute Gasteiger partial charge is 0.311 e. The van der Waals surface area contributed by atoms with E-state index in [0.29, 0.717) is 11.5 Å². The van der Waals surface area contributed by atoms with Crippen molar-refractivity contribution in [2.75, 3.05) is 6.54 Å². The number of aryl methyl sites for hydroxylation is 3. The highest BCUT2D eigenvalue weighted by Gasteiger charge is 2.36. The molecule has 0 radical (unpaired) electrons. The van der Waals surface area contributed by atoms with Crippen LogP contribution in [0.2, 0.25) is 0 Å². The molecule has 18 heavy (non-hydrogen) atoms. The molecule has 1 heterocycles. The highest BCUT2D eigenvalue weighted by atomic mass is 15.0. The number of hydrogen-bond acceptors (Lipinski definition) is 1. The SMILES string of the molecule is Cc1cc(C)c(CC2(C(C)C)CCCN2)cc1C. The molecule has 0 aliphatic carbocycles. The predicted molar refractivity (Wildman–Crippen MR) is 79.2 cm³/mol. The fourth-order valence-electron chi connectivity index (χ4n) is 3.23. The lowest BCUT2D eigenvalue weighted by molar-refractivity contribution is 0.269. The van der Waals surface area contributed by atoms with Crippen molar-refractivity contribution in [1.29, 1.82) is 0 Å². The zero-order chi connectivity index (χ0) is 13.3. The average molecular weight is 245 g/mol. The van der Waals surface area contributed by atoms with Crippen LogP contribution in [0.5, 0.6) is 0 Å². The Morgan fingerprint density at radius 1 is 1.11 bits per heavy atom. The molecule has 1 fully saturated rings. The molecule has 0 amide bonds. The maximum atomic E-state index is 3.78. The zero-order valence-corrected chi connectivity index (χ0v) is 12.6. The van der Waals surface area contributed by atoms with Crippen LogP contribution in [-0.4, -0.2) is 12.1 Å². The molecule has 1 nitrogen and oxygen atoms in total. The topological polar surface area (TPSA) is 12.0 Å². The molecule has 0 aromatic heterocycles. The van der Waals surface area contributed by atoms with Gasteiger partial charge in [0.25, 0.3) is 0 Å². The van der Waals surface area contributed by atoms with Gasteiger partial charge in [-0.2, -0.15) is 0 Å². The van der Waals surface area contributed by atoms with Crippen molar-refractivity contribution in [2.45, 2.75) is 59.4 Å². The van der Waals surface area contributed by atoms with Gasteiger partial charge in [0.05, 0.1) is 0 Å². The lowest BCUT2D eigenvalue weighted by Crippen LogP contribution is -2.46. The van der Waals surface area contributed by atoms with Gasteiger partial charge in [-0.3, -0.25) is 0 Å². The van der Waals surface area contributed by atoms with E-state index in [1.807, 2.05) is 0 Å². The summed E-state index contributed by atoms with van der Waals surface area (Å²) < 4.78 is 0. The minimum atomic E-state index is 0.326. The summed E-state index contributed by atoms with van der Waals surface area (Å²) in [6.07, 6.45) is 3.82. The van der Waals surface area contributed by atoms with Crippen LogP contribution in [0.25, 0.3) is 0 Å². The molecule has 1 heteroatoms. The molecular weight excluding hydrogens is 218 g/mol. The Bertz CT molecular complexity index is 425. The molecule has 0 spiro atoms. The van der Waals surface area contributed by atoms with Crippen molar-refractivity contribution < 1.29 is 0 Å². The van der Waals surface area contributed by atoms with Crippen LogP contribution in [0.4, 0.5) is 0 Å². The third-order valence-corrected chi connectivity index (χ3v) is 4.84. The Balaban J connectivity index is 2.30. The molecule has 1 aliphatic heterocycles. The third kappa shape index (κ3) is 2.47. The van der Waals surface area contributed by atoms with Crippen molar-refractivity contribution in [3.8, 4) is 0 Å². The molecule has 0 bridgehead atoms. The van der Waals surface area contributed by atoms with Crippen LogP contribution < -0.4 is 5.32 Å². The van der Waals surface area contributed by atoms with Crippen molar-refractivity contribution in [2.24, 2.45) is 5.92 Å². The van der Waals surface area contributed by atoms with Gasteiger partial charge in [0.15, 0.2) is 0 Å². The summed E-state index contributed by atoms with van der Waals surface area (Å²) in [7, 11) is 0. The van der Waals surface area contributed by atoms with E-state index in [1.165, 1.54) is 48.1 Å². The first-order valence-corrected chi connectivity index (χ1v) is 7.26. The van der Waals surface area contributed by atoms with Crippen LogP contribution in [0, 0.1) is 26.7 Å². The molecule has 1 aromatic carbocycles. The van der Waals surface area contributed by atoms with Crippen LogP contribution in [0.3, 0.4) is 0 Å². The second kappa shape index (κ2) is 5.05. The fourth-order valence-corrected chi connectivity index (χ4v) is 3.23. The van der Waals surface area contributed by atoms with Crippen molar-refractivity contribution in [1.82, 2.24) is 5.32 Å². The Kier molecular flexibility index (Phi) is 3.82. The van der Waals surface area contributed by atoms with E-state index in [1.54, 1.807) is 0 Å². The molecule has 1 unspecified atom stereocenters. The maximum absolute atomic E-state index is 3.78. The molecule has 0 saturated carbocycles. The molecule has 1 saturated heterocycles. The van der Waals surface area contributed by atoms with Gasteiger partial charge in [-0.25, -0.2) is 0 Å². The standard InChI is InChI=1S/C17H27N/c1-12(2)17(7-6-8-18-17)11-16-10-14(4)13(3)9-15(16)5/h9-10,12,18H,6-8,11H2,1-5H3. The van der Waals surface area contributed by atoms with Gasteiger partial charge in [0.2, 0.25) is 0 Å². The Labute approximate surface area is 112 Å². The summed E-state index contributed by atoms with van der Waals surface area (Å²) in [5.74, 6) is 0.695. The Morgan fingerprint density at radius 3 is 2.33 bits per heavy atom. The van der Waals surface area contributed by atoms with E-state index >= 15 is 0 Å². The van der Waals surface area contributed by atoms with E-state index < -0.39 is 0 Å². The minimum Gasteiger partial charge on any atom is -0.311 e. The highest BCUT2D eigenvalue weighted by molar-refractivity contribution is 5.37. The number of hydrogen-bond donors (Lipinski definition) is 1. The van der Waals surface area contributed by atoms with Crippen molar-refractivity contribution >= 4 is 0 Å². The summed E-state index contributed by atoms with van der Waals surface area (Å²) >= 11 is 0. The van der Waals surface area contributed by atoms with E-state index in [0.717, 1.165) is 0 Å². The molecular formula is C17H27N. The van der Waals surface area contributed by atoms with Gasteiger partial charge >= 0.3 is 0 Å². The van der Waals surface area contributed by atoms with Gasteiger partial charge in [0, 0.05) is 5.54 Å². The minimum absolute atomic E-state index is 0.326. The highest BCUT2D eigenvalue weighted by Crippen LogP contribution is 2.32. The zero-order valence-electron chi connectivity index (χ0n) is 12.6. The number of rotatable bonds is 3. The van der Waals surface area contributed by atoms with Crippen molar-refractivity contribution in [3.05, 3.63) is 34.4 Å². The third-order valence-electron chi connectivity index (χ3n) is 4.84. The first kappa shape index (κ1) is 13.6. The normalized spacial score (nSPS) is 23.9. The van der Waals surface area contributed by atoms with Gasteiger partial charge in [-0.1, -0.05) is 26.0 Å². The quantitative estimate of drug-likeness (QED) is 0.850. The molecule has 1 N–H and O–H groups in total. The van der Waals surface area contributed by atoms with Gasteiger partial charge in [0.1, 0.15) is 0 Å². The van der Waals surface area contributed by atoms with Gasteiger partial charge in [-0.15, -0.1) is 0 Å². The Hall–Kier alpha value is -0.820. The van der Waals surface area contributed by atoms with Gasteiger partial charge < -0.3 is 5.32 Å². The van der Waals surface area contributed by atoms with Crippen molar-refractivity contribution in [3.63, 3.8) is 0 Å². The monoisotopic (exact) mass is 245 g/mol. The maximum Gasteiger partial charge on any atom is 0.0245 e. The Morgan fingerprint density at radius 2 is 1.78 bits per heavy atom. The van der Waals surface area contributed by atoms with Crippen LogP contribution in [-0.2, 0) is 6.42 Å². The van der Waals surface area contributed by atoms with E-state index in [9.17, 15) is 0 Å². The molecule has 100 valence electrons.